The third kappa shape index (κ3) is 13.7. The fraction of sp³-hybridized carbons (Fsp3) is 0.590. The van der Waals surface area contributed by atoms with E-state index >= 15 is 0 Å². The molecule has 9 heteroatoms. The lowest BCUT2D eigenvalue weighted by Crippen LogP contribution is -2.56. The van der Waals surface area contributed by atoms with Crippen molar-refractivity contribution in [2.75, 3.05) is 6.54 Å². The minimum absolute atomic E-state index is 0.209. The van der Waals surface area contributed by atoms with Crippen molar-refractivity contribution in [2.24, 2.45) is 5.92 Å². The van der Waals surface area contributed by atoms with E-state index < -0.39 is 53.2 Å². The first-order valence-corrected chi connectivity index (χ1v) is 17.3. The van der Waals surface area contributed by atoms with Gasteiger partial charge in [-0.3, -0.25) is 9.59 Å². The first kappa shape index (κ1) is 40.3. The van der Waals surface area contributed by atoms with E-state index in [9.17, 15) is 19.2 Å². The molecule has 0 radical (unpaired) electrons. The predicted molar refractivity (Wildman–Crippen MR) is 190 cm³/mol. The van der Waals surface area contributed by atoms with E-state index in [-0.39, 0.29) is 18.9 Å². The van der Waals surface area contributed by atoms with Crippen LogP contribution in [0.15, 0.2) is 48.5 Å². The van der Waals surface area contributed by atoms with Crippen molar-refractivity contribution in [3.05, 3.63) is 70.8 Å². The Kier molecular flexibility index (Phi) is 15.1. The van der Waals surface area contributed by atoms with E-state index in [2.05, 4.69) is 17.6 Å². The molecule has 0 saturated carbocycles. The molecular weight excluding hydrogens is 606 g/mol. The number of hydrogen-bond donors (Lipinski definition) is 2. The summed E-state index contributed by atoms with van der Waals surface area (Å²) in [6.45, 7) is 20.6. The van der Waals surface area contributed by atoms with Crippen molar-refractivity contribution in [1.29, 1.82) is 0 Å². The number of nitrogens with one attached hydrogen (secondary N) is 2. The van der Waals surface area contributed by atoms with Crippen molar-refractivity contribution < 1.29 is 28.7 Å². The van der Waals surface area contributed by atoms with Gasteiger partial charge in [-0.15, -0.1) is 0 Å². The Morgan fingerprint density at radius 2 is 1.38 bits per heavy atom. The number of ether oxygens (including phenoxy) is 2. The number of alkyl carbamates (subject to hydrolysis) is 1. The fourth-order valence-electron chi connectivity index (χ4n) is 5.51. The number of amides is 3. The van der Waals surface area contributed by atoms with Gasteiger partial charge < -0.3 is 25.0 Å². The fourth-order valence-corrected chi connectivity index (χ4v) is 5.51. The molecule has 48 heavy (non-hydrogen) atoms. The van der Waals surface area contributed by atoms with E-state index in [1.807, 2.05) is 76.2 Å². The SMILES string of the molecule is CCCCCCN(C(=O)C(NC(=O)OC(C)(C)C)C(C)C)C(C(=O)NC(Cc1ccccc1)C(=O)OC(C)(C)C)c1cc(C)cc(C)c1. The van der Waals surface area contributed by atoms with E-state index in [1.54, 1.807) is 46.4 Å². The van der Waals surface area contributed by atoms with Gasteiger partial charge in [0.2, 0.25) is 11.8 Å². The van der Waals surface area contributed by atoms with Crippen LogP contribution in [0.5, 0.6) is 0 Å². The maximum Gasteiger partial charge on any atom is 0.408 e. The zero-order chi connectivity index (χ0) is 36.2. The van der Waals surface area contributed by atoms with Gasteiger partial charge >= 0.3 is 12.1 Å². The molecule has 0 fully saturated rings. The van der Waals surface area contributed by atoms with Crippen LogP contribution in [-0.2, 0) is 30.3 Å². The van der Waals surface area contributed by atoms with Gasteiger partial charge in [-0.25, -0.2) is 9.59 Å². The Bertz CT molecular complexity index is 1340. The highest BCUT2D eigenvalue weighted by atomic mass is 16.6. The van der Waals surface area contributed by atoms with Crippen LogP contribution in [0.2, 0.25) is 0 Å². The lowest BCUT2D eigenvalue weighted by molar-refractivity contribution is -0.159. The molecule has 2 N–H and O–H groups in total. The van der Waals surface area contributed by atoms with Crippen LogP contribution in [0.4, 0.5) is 4.79 Å². The monoisotopic (exact) mass is 665 g/mol. The van der Waals surface area contributed by atoms with Crippen molar-refractivity contribution in [3.63, 3.8) is 0 Å². The summed E-state index contributed by atoms with van der Waals surface area (Å²) in [7, 11) is 0. The Labute approximate surface area is 288 Å². The second kappa shape index (κ2) is 18.0. The van der Waals surface area contributed by atoms with Gasteiger partial charge in [0, 0.05) is 13.0 Å². The Morgan fingerprint density at radius 1 is 0.792 bits per heavy atom. The summed E-state index contributed by atoms with van der Waals surface area (Å²) >= 11 is 0. The minimum atomic E-state index is -1.08. The molecule has 2 aromatic rings. The van der Waals surface area contributed by atoms with Crippen LogP contribution in [0.1, 0.15) is 116 Å². The predicted octanol–water partition coefficient (Wildman–Crippen LogP) is 7.37. The van der Waals surface area contributed by atoms with Crippen molar-refractivity contribution in [3.8, 4) is 0 Å². The largest absolute Gasteiger partial charge is 0.458 e. The molecular formula is C39H59N3O6. The first-order chi connectivity index (χ1) is 22.3. The van der Waals surface area contributed by atoms with E-state index in [0.29, 0.717) is 12.0 Å². The van der Waals surface area contributed by atoms with Gasteiger partial charge in [-0.1, -0.05) is 99.7 Å². The highest BCUT2D eigenvalue weighted by Crippen LogP contribution is 2.27. The van der Waals surface area contributed by atoms with Crippen molar-refractivity contribution >= 4 is 23.9 Å². The normalized spacial score (nSPS) is 13.7. The number of rotatable bonds is 15. The highest BCUT2D eigenvalue weighted by molar-refractivity contribution is 5.94. The molecule has 2 aromatic carbocycles. The van der Waals surface area contributed by atoms with Crippen LogP contribution < -0.4 is 10.6 Å². The third-order valence-corrected chi connectivity index (χ3v) is 7.55. The molecule has 0 spiro atoms. The van der Waals surface area contributed by atoms with Gasteiger partial charge in [0.15, 0.2) is 0 Å². The minimum Gasteiger partial charge on any atom is -0.458 e. The molecule has 0 aliphatic carbocycles. The quantitative estimate of drug-likeness (QED) is 0.152. The smallest absolute Gasteiger partial charge is 0.408 e. The molecule has 0 bridgehead atoms. The Hall–Kier alpha value is -3.88. The number of carbonyl (C=O) groups is 4. The molecule has 266 valence electrons. The van der Waals surface area contributed by atoms with Gasteiger partial charge in [0.1, 0.15) is 29.3 Å². The second-order valence-electron chi connectivity index (χ2n) is 15.1. The summed E-state index contributed by atoms with van der Waals surface area (Å²) < 4.78 is 11.3. The number of benzene rings is 2. The number of esters is 1. The number of hydrogen-bond acceptors (Lipinski definition) is 6. The van der Waals surface area contributed by atoms with Crippen molar-refractivity contribution in [1.82, 2.24) is 15.5 Å². The summed E-state index contributed by atoms with van der Waals surface area (Å²) in [5.74, 6) is -1.77. The van der Waals surface area contributed by atoms with Crippen LogP contribution in [0, 0.1) is 19.8 Å². The van der Waals surface area contributed by atoms with Crippen LogP contribution in [0.3, 0.4) is 0 Å². The summed E-state index contributed by atoms with van der Waals surface area (Å²) in [5, 5.41) is 5.77. The number of aryl methyl sites for hydroxylation is 2. The van der Waals surface area contributed by atoms with Gasteiger partial charge in [-0.2, -0.15) is 0 Å². The molecule has 3 unspecified atom stereocenters. The maximum absolute atomic E-state index is 14.6. The van der Waals surface area contributed by atoms with Crippen molar-refractivity contribution in [2.45, 2.75) is 138 Å². The second-order valence-corrected chi connectivity index (χ2v) is 15.1. The number of nitrogens with zero attached hydrogens (tertiary/aromatic N) is 1. The molecule has 0 saturated heterocycles. The zero-order valence-electron chi connectivity index (χ0n) is 31.1. The van der Waals surface area contributed by atoms with E-state index in [4.69, 9.17) is 9.47 Å². The van der Waals surface area contributed by atoms with Gasteiger partial charge in [-0.05, 0) is 78.9 Å². The molecule has 0 heterocycles. The molecule has 0 aromatic heterocycles. The van der Waals surface area contributed by atoms with Crippen LogP contribution >= 0.6 is 0 Å². The lowest BCUT2D eigenvalue weighted by atomic mass is 9.95. The summed E-state index contributed by atoms with van der Waals surface area (Å²) in [5.41, 5.74) is 1.80. The average Bonchev–Trinajstić information content (AvgIpc) is 2.94. The average molecular weight is 666 g/mol. The summed E-state index contributed by atoms with van der Waals surface area (Å²) in [6, 6.07) is 12.2. The highest BCUT2D eigenvalue weighted by Gasteiger charge is 2.39. The van der Waals surface area contributed by atoms with E-state index in [0.717, 1.165) is 36.0 Å². The molecule has 2 rings (SSSR count). The molecule has 3 atom stereocenters. The van der Waals surface area contributed by atoms with Crippen LogP contribution in [0.25, 0.3) is 0 Å². The van der Waals surface area contributed by atoms with Crippen LogP contribution in [-0.4, -0.2) is 58.6 Å². The number of unbranched alkanes of at least 4 members (excludes halogenated alkanes) is 3. The first-order valence-electron chi connectivity index (χ1n) is 17.3. The van der Waals surface area contributed by atoms with E-state index in [1.165, 1.54) is 0 Å². The third-order valence-electron chi connectivity index (χ3n) is 7.55. The molecule has 0 aliphatic rings. The number of carbonyl (C=O) groups excluding carboxylic acids is 4. The van der Waals surface area contributed by atoms with Gasteiger partial charge in [0.25, 0.3) is 0 Å². The van der Waals surface area contributed by atoms with Gasteiger partial charge in [0.05, 0.1) is 0 Å². The Morgan fingerprint density at radius 3 is 1.90 bits per heavy atom. The standard InChI is InChI=1S/C39H59N3O6/c1-12-13-14-18-21-42(35(44)32(26(2)3)41-37(46)48-39(9,10)11)33(30-23-27(4)22-28(5)24-30)34(43)40-31(36(45)47-38(6,7)8)25-29-19-16-15-17-20-29/h15-17,19-20,22-24,26,31-33H,12-14,18,21,25H2,1-11H3,(H,40,43)(H,41,46). The molecule has 9 nitrogen and oxygen atoms in total. The Balaban J connectivity index is 2.67. The topological polar surface area (TPSA) is 114 Å². The zero-order valence-corrected chi connectivity index (χ0v) is 31.1. The molecule has 3 amide bonds. The molecule has 0 aliphatic heterocycles. The maximum atomic E-state index is 14.6. The lowest BCUT2D eigenvalue weighted by Gasteiger charge is -2.36. The summed E-state index contributed by atoms with van der Waals surface area (Å²) in [4.78, 5) is 57.3. The summed E-state index contributed by atoms with van der Waals surface area (Å²) in [6.07, 6.45) is 3.00.